The predicted octanol–water partition coefficient (Wildman–Crippen LogP) is 9.42. The fourth-order valence-electron chi connectivity index (χ4n) is 4.43. The first kappa shape index (κ1) is 27.5. The second kappa shape index (κ2) is 12.4. The summed E-state index contributed by atoms with van der Waals surface area (Å²) in [4.78, 5) is 0. The molecule has 3 N–H and O–H groups in total. The van der Waals surface area contributed by atoms with E-state index in [4.69, 9.17) is 4.74 Å². The SMILES string of the molecule is Cc1cccc(N=Nc2cc(OCCO)c(N=Nc3c(C)cc4cc(Nc5ccccc5)ccc4c3O)cc2C)c1. The number of nitrogens with one attached hydrogen (secondary N) is 1. The van der Waals surface area contributed by atoms with E-state index < -0.39 is 0 Å². The molecule has 8 nitrogen and oxygen atoms in total. The smallest absolute Gasteiger partial charge is 0.151 e. The van der Waals surface area contributed by atoms with Crippen LogP contribution in [0.2, 0.25) is 0 Å². The molecule has 0 saturated carbocycles. The summed E-state index contributed by atoms with van der Waals surface area (Å²) < 4.78 is 5.76. The van der Waals surface area contributed by atoms with Crippen LogP contribution in [0.3, 0.4) is 0 Å². The average molecular weight is 546 g/mol. The summed E-state index contributed by atoms with van der Waals surface area (Å²) in [5.74, 6) is 0.453. The van der Waals surface area contributed by atoms with Crippen molar-refractivity contribution >= 4 is 44.9 Å². The molecule has 0 aromatic heterocycles. The van der Waals surface area contributed by atoms with E-state index in [0.717, 1.165) is 39.1 Å². The van der Waals surface area contributed by atoms with Crippen molar-refractivity contribution in [3.05, 3.63) is 108 Å². The summed E-state index contributed by atoms with van der Waals surface area (Å²) in [5.41, 5.74) is 6.77. The van der Waals surface area contributed by atoms with Gasteiger partial charge in [0.25, 0.3) is 0 Å². The van der Waals surface area contributed by atoms with Gasteiger partial charge >= 0.3 is 0 Å². The zero-order valence-corrected chi connectivity index (χ0v) is 23.2. The van der Waals surface area contributed by atoms with E-state index in [2.05, 4.69) is 25.8 Å². The second-order valence-electron chi connectivity index (χ2n) is 9.74. The molecular weight excluding hydrogens is 514 g/mol. The van der Waals surface area contributed by atoms with Gasteiger partial charge < -0.3 is 20.3 Å². The lowest BCUT2D eigenvalue weighted by Crippen LogP contribution is -2.01. The van der Waals surface area contributed by atoms with Gasteiger partial charge in [-0.2, -0.15) is 10.2 Å². The summed E-state index contributed by atoms with van der Waals surface area (Å²) in [5, 5.41) is 43.0. The number of para-hydroxylation sites is 1. The largest absolute Gasteiger partial charge is 0.505 e. The van der Waals surface area contributed by atoms with Gasteiger partial charge in [-0.1, -0.05) is 30.3 Å². The molecule has 41 heavy (non-hydrogen) atoms. The Labute approximate surface area is 238 Å². The van der Waals surface area contributed by atoms with Gasteiger partial charge in [0.15, 0.2) is 5.75 Å². The molecule has 0 amide bonds. The Bertz CT molecular complexity index is 1750. The predicted molar refractivity (Wildman–Crippen MR) is 163 cm³/mol. The molecule has 0 heterocycles. The van der Waals surface area contributed by atoms with Gasteiger partial charge in [0.2, 0.25) is 0 Å². The highest BCUT2D eigenvalue weighted by Crippen LogP contribution is 2.42. The molecule has 0 bridgehead atoms. The summed E-state index contributed by atoms with van der Waals surface area (Å²) >= 11 is 0. The summed E-state index contributed by atoms with van der Waals surface area (Å²) in [7, 11) is 0. The van der Waals surface area contributed by atoms with Crippen molar-refractivity contribution in [1.82, 2.24) is 0 Å². The summed E-state index contributed by atoms with van der Waals surface area (Å²) in [6.07, 6.45) is 0. The number of aryl methyl sites for hydroxylation is 3. The normalized spacial score (nSPS) is 11.5. The number of aliphatic hydroxyl groups excluding tert-OH is 1. The first-order valence-corrected chi connectivity index (χ1v) is 13.3. The fraction of sp³-hybridized carbons (Fsp3) is 0.152. The number of phenolic OH excluding ortho intramolecular Hbond substituents is 1. The molecule has 5 rings (SSSR count). The van der Waals surface area contributed by atoms with Crippen molar-refractivity contribution in [2.75, 3.05) is 18.5 Å². The molecule has 0 aliphatic heterocycles. The number of rotatable bonds is 9. The monoisotopic (exact) mass is 545 g/mol. The van der Waals surface area contributed by atoms with Crippen LogP contribution in [0.4, 0.5) is 34.1 Å². The van der Waals surface area contributed by atoms with Crippen LogP contribution in [0.25, 0.3) is 10.8 Å². The van der Waals surface area contributed by atoms with Crippen LogP contribution in [0.5, 0.6) is 11.5 Å². The molecule has 0 spiro atoms. The molecule has 5 aromatic carbocycles. The first-order valence-electron chi connectivity index (χ1n) is 13.3. The first-order chi connectivity index (χ1) is 19.9. The van der Waals surface area contributed by atoms with Crippen molar-refractivity contribution in [2.45, 2.75) is 20.8 Å². The maximum atomic E-state index is 11.1. The van der Waals surface area contributed by atoms with E-state index in [1.807, 2.05) is 99.6 Å². The van der Waals surface area contributed by atoms with Crippen LogP contribution in [0, 0.1) is 20.8 Å². The minimum atomic E-state index is -0.156. The maximum Gasteiger partial charge on any atom is 0.151 e. The fourth-order valence-corrected chi connectivity index (χ4v) is 4.43. The van der Waals surface area contributed by atoms with Crippen molar-refractivity contribution in [3.63, 3.8) is 0 Å². The van der Waals surface area contributed by atoms with Crippen molar-refractivity contribution in [3.8, 4) is 11.5 Å². The van der Waals surface area contributed by atoms with E-state index in [0.29, 0.717) is 28.2 Å². The number of phenols is 1. The Morgan fingerprint density at radius 1 is 0.707 bits per heavy atom. The van der Waals surface area contributed by atoms with Crippen LogP contribution >= 0.6 is 0 Å². The highest BCUT2D eigenvalue weighted by Gasteiger charge is 2.13. The van der Waals surface area contributed by atoms with Crippen LogP contribution in [0.15, 0.2) is 111 Å². The van der Waals surface area contributed by atoms with Gasteiger partial charge in [0, 0.05) is 22.8 Å². The Balaban J connectivity index is 1.45. The average Bonchev–Trinajstić information content (AvgIpc) is 2.96. The number of nitrogens with zero attached hydrogens (tertiary/aromatic N) is 4. The van der Waals surface area contributed by atoms with Crippen molar-refractivity contribution in [2.24, 2.45) is 20.5 Å². The zero-order chi connectivity index (χ0) is 28.8. The minimum Gasteiger partial charge on any atom is -0.505 e. The maximum absolute atomic E-state index is 11.1. The van der Waals surface area contributed by atoms with Crippen LogP contribution in [-0.2, 0) is 0 Å². The quantitative estimate of drug-likeness (QED) is 0.160. The number of hydrogen-bond donors (Lipinski definition) is 3. The van der Waals surface area contributed by atoms with Crippen LogP contribution < -0.4 is 10.1 Å². The molecule has 0 aliphatic rings. The molecule has 0 atom stereocenters. The molecular formula is C33H31N5O3. The van der Waals surface area contributed by atoms with E-state index >= 15 is 0 Å². The number of anilines is 2. The molecule has 0 saturated heterocycles. The molecule has 0 radical (unpaired) electrons. The van der Waals surface area contributed by atoms with Crippen molar-refractivity contribution in [1.29, 1.82) is 0 Å². The lowest BCUT2D eigenvalue weighted by Gasteiger charge is -2.12. The number of hydrogen-bond acceptors (Lipinski definition) is 8. The Hall–Kier alpha value is -5.08. The van der Waals surface area contributed by atoms with Crippen LogP contribution in [-0.4, -0.2) is 23.4 Å². The lowest BCUT2D eigenvalue weighted by atomic mass is 10.0. The van der Waals surface area contributed by atoms with Crippen molar-refractivity contribution < 1.29 is 14.9 Å². The van der Waals surface area contributed by atoms with Gasteiger partial charge in [-0.25, -0.2) is 0 Å². The standard InChI is InChI=1S/C33H31N5O3/c1-21-8-7-11-27(16-21)35-36-29-20-31(41-15-14-39)30(18-22(29)2)37-38-32-23(3)17-24-19-26(12-13-28(24)33(32)40)34-25-9-5-4-6-10-25/h4-13,16-20,34,39-40H,14-15H2,1-3H3. The number of azo groups is 2. The lowest BCUT2D eigenvalue weighted by molar-refractivity contribution is 0.202. The molecule has 5 aromatic rings. The molecule has 0 aliphatic carbocycles. The number of ether oxygens (including phenoxy) is 1. The number of fused-ring (bicyclic) bond motifs is 1. The highest BCUT2D eigenvalue weighted by molar-refractivity contribution is 5.96. The number of aliphatic hydroxyl groups is 1. The van der Waals surface area contributed by atoms with E-state index in [-0.39, 0.29) is 19.0 Å². The van der Waals surface area contributed by atoms with E-state index in [1.54, 1.807) is 12.1 Å². The highest BCUT2D eigenvalue weighted by atomic mass is 16.5. The second-order valence-corrected chi connectivity index (χ2v) is 9.74. The van der Waals surface area contributed by atoms with Gasteiger partial charge in [-0.3, -0.25) is 0 Å². The minimum absolute atomic E-state index is 0.0492. The third-order valence-corrected chi connectivity index (χ3v) is 6.50. The summed E-state index contributed by atoms with van der Waals surface area (Å²) in [6.45, 7) is 5.71. The summed E-state index contributed by atoms with van der Waals surface area (Å²) in [6, 6.07) is 29.0. The number of aromatic hydroxyl groups is 1. The Morgan fingerprint density at radius 2 is 1.51 bits per heavy atom. The Kier molecular flexibility index (Phi) is 8.31. The topological polar surface area (TPSA) is 111 Å². The molecule has 206 valence electrons. The molecule has 0 fully saturated rings. The van der Waals surface area contributed by atoms with Crippen LogP contribution in [0.1, 0.15) is 16.7 Å². The van der Waals surface area contributed by atoms with Gasteiger partial charge in [0.05, 0.1) is 18.0 Å². The van der Waals surface area contributed by atoms with E-state index in [1.165, 1.54) is 0 Å². The van der Waals surface area contributed by atoms with Gasteiger partial charge in [-0.05, 0) is 97.4 Å². The van der Waals surface area contributed by atoms with Gasteiger partial charge in [-0.15, -0.1) is 10.2 Å². The Morgan fingerprint density at radius 3 is 2.29 bits per heavy atom. The third-order valence-electron chi connectivity index (χ3n) is 6.50. The third kappa shape index (κ3) is 6.57. The number of benzene rings is 5. The molecule has 0 unspecified atom stereocenters. The zero-order valence-electron chi connectivity index (χ0n) is 23.2. The van der Waals surface area contributed by atoms with Gasteiger partial charge in [0.1, 0.15) is 23.7 Å². The molecule has 8 heteroatoms. The van der Waals surface area contributed by atoms with E-state index in [9.17, 15) is 10.2 Å².